The summed E-state index contributed by atoms with van der Waals surface area (Å²) in [5.41, 5.74) is 0. The van der Waals surface area contributed by atoms with Crippen molar-refractivity contribution in [2.24, 2.45) is 11.8 Å². The summed E-state index contributed by atoms with van der Waals surface area (Å²) in [7, 11) is 0. The molecule has 2 unspecified atom stereocenters. The molecule has 2 aliphatic rings. The highest BCUT2D eigenvalue weighted by Crippen LogP contribution is 2.28. The maximum absolute atomic E-state index is 12.7. The number of likely N-dealkylation sites (N-methyl/N-ethyl adjacent to an activating group) is 1. The van der Waals surface area contributed by atoms with E-state index in [1.54, 1.807) is 4.90 Å². The molecule has 1 amide bonds. The standard InChI is InChI=1S/C15H25NO4/c1-2-16(13-10-20-9-12(13)15(18)19)14(17)11-7-5-3-4-6-8-11/h11-13H,2-10H2,1H3,(H,18,19). The number of carbonyl (C=O) groups is 2. The molecule has 0 radical (unpaired) electrons. The van der Waals surface area contributed by atoms with Crippen molar-refractivity contribution in [2.45, 2.75) is 51.5 Å². The molecule has 1 aliphatic carbocycles. The predicted octanol–water partition coefficient (Wildman–Crippen LogP) is 1.90. The molecular weight excluding hydrogens is 258 g/mol. The summed E-state index contributed by atoms with van der Waals surface area (Å²) in [6, 6.07) is -0.298. The molecule has 2 rings (SSSR count). The van der Waals surface area contributed by atoms with Gasteiger partial charge in [-0.05, 0) is 19.8 Å². The Morgan fingerprint density at radius 3 is 2.35 bits per heavy atom. The van der Waals surface area contributed by atoms with Gasteiger partial charge in [0.1, 0.15) is 5.92 Å². The highest BCUT2D eigenvalue weighted by molar-refractivity contribution is 5.80. The average molecular weight is 283 g/mol. The van der Waals surface area contributed by atoms with Crippen LogP contribution < -0.4 is 0 Å². The van der Waals surface area contributed by atoms with Gasteiger partial charge >= 0.3 is 5.97 Å². The summed E-state index contributed by atoms with van der Waals surface area (Å²) in [5.74, 6) is -1.23. The van der Waals surface area contributed by atoms with Gasteiger partial charge in [-0.15, -0.1) is 0 Å². The van der Waals surface area contributed by atoms with Crippen LogP contribution >= 0.6 is 0 Å². The number of carboxylic acids is 1. The number of rotatable bonds is 4. The molecule has 5 heteroatoms. The summed E-state index contributed by atoms with van der Waals surface area (Å²) in [6.07, 6.45) is 6.52. The van der Waals surface area contributed by atoms with Crippen molar-refractivity contribution in [3.05, 3.63) is 0 Å². The van der Waals surface area contributed by atoms with Crippen molar-refractivity contribution in [3.63, 3.8) is 0 Å². The van der Waals surface area contributed by atoms with Crippen LogP contribution in [0.1, 0.15) is 45.4 Å². The van der Waals surface area contributed by atoms with Crippen LogP contribution in [-0.2, 0) is 14.3 Å². The monoisotopic (exact) mass is 283 g/mol. The van der Waals surface area contributed by atoms with Gasteiger partial charge in [0.15, 0.2) is 0 Å². The van der Waals surface area contributed by atoms with Crippen LogP contribution in [0.2, 0.25) is 0 Å². The molecule has 1 saturated carbocycles. The van der Waals surface area contributed by atoms with Gasteiger partial charge in [-0.3, -0.25) is 9.59 Å². The Morgan fingerprint density at radius 2 is 1.80 bits per heavy atom. The zero-order valence-corrected chi connectivity index (χ0v) is 12.2. The lowest BCUT2D eigenvalue weighted by molar-refractivity contribution is -0.146. The molecule has 0 aromatic rings. The Hall–Kier alpha value is -1.10. The first kappa shape index (κ1) is 15.3. The molecule has 114 valence electrons. The predicted molar refractivity (Wildman–Crippen MR) is 74.3 cm³/mol. The number of ether oxygens (including phenoxy) is 1. The van der Waals surface area contributed by atoms with Crippen LogP contribution in [0.25, 0.3) is 0 Å². The van der Waals surface area contributed by atoms with Crippen molar-refractivity contribution in [2.75, 3.05) is 19.8 Å². The molecule has 1 aliphatic heterocycles. The number of aliphatic carboxylic acids is 1. The Morgan fingerprint density at radius 1 is 1.15 bits per heavy atom. The van der Waals surface area contributed by atoms with Gasteiger partial charge in [-0.1, -0.05) is 25.7 Å². The lowest BCUT2D eigenvalue weighted by Gasteiger charge is -2.32. The first-order chi connectivity index (χ1) is 9.65. The topological polar surface area (TPSA) is 66.8 Å². The highest BCUT2D eigenvalue weighted by atomic mass is 16.5. The third kappa shape index (κ3) is 3.32. The fourth-order valence-electron chi connectivity index (χ4n) is 3.40. The van der Waals surface area contributed by atoms with Gasteiger partial charge in [-0.25, -0.2) is 0 Å². The molecule has 20 heavy (non-hydrogen) atoms. The van der Waals surface area contributed by atoms with Crippen molar-refractivity contribution >= 4 is 11.9 Å². The number of nitrogens with zero attached hydrogens (tertiary/aromatic N) is 1. The molecule has 0 aromatic heterocycles. The zero-order chi connectivity index (χ0) is 14.5. The van der Waals surface area contributed by atoms with Gasteiger partial charge in [0.25, 0.3) is 0 Å². The van der Waals surface area contributed by atoms with Crippen LogP contribution in [0.3, 0.4) is 0 Å². The molecule has 1 heterocycles. The van der Waals surface area contributed by atoms with Crippen molar-refractivity contribution in [1.82, 2.24) is 4.90 Å². The summed E-state index contributed by atoms with van der Waals surface area (Å²) < 4.78 is 5.30. The first-order valence-electron chi connectivity index (χ1n) is 7.76. The summed E-state index contributed by atoms with van der Waals surface area (Å²) >= 11 is 0. The number of carboxylic acid groups (broad SMARTS) is 1. The van der Waals surface area contributed by atoms with E-state index < -0.39 is 11.9 Å². The third-order valence-electron chi connectivity index (χ3n) is 4.60. The van der Waals surface area contributed by atoms with E-state index in [9.17, 15) is 14.7 Å². The second-order valence-electron chi connectivity index (χ2n) is 5.86. The normalized spacial score (nSPS) is 28.1. The van der Waals surface area contributed by atoms with Crippen LogP contribution in [0.5, 0.6) is 0 Å². The second kappa shape index (κ2) is 7.07. The van der Waals surface area contributed by atoms with Crippen LogP contribution in [0.4, 0.5) is 0 Å². The Kier molecular flexibility index (Phi) is 5.40. The van der Waals surface area contributed by atoms with Crippen molar-refractivity contribution in [1.29, 1.82) is 0 Å². The van der Waals surface area contributed by atoms with E-state index in [2.05, 4.69) is 0 Å². The van der Waals surface area contributed by atoms with E-state index >= 15 is 0 Å². The molecule has 0 aromatic carbocycles. The lowest BCUT2D eigenvalue weighted by atomic mass is 9.95. The molecule has 2 fully saturated rings. The first-order valence-corrected chi connectivity index (χ1v) is 7.76. The van der Waals surface area contributed by atoms with E-state index in [-0.39, 0.29) is 24.5 Å². The van der Waals surface area contributed by atoms with Gasteiger partial charge in [0, 0.05) is 12.5 Å². The maximum atomic E-state index is 12.7. The minimum atomic E-state index is -0.861. The lowest BCUT2D eigenvalue weighted by Crippen LogP contribution is -2.48. The Labute approximate surface area is 120 Å². The SMILES string of the molecule is CCN(C(=O)C1CCCCCC1)C1COCC1C(=O)O. The maximum Gasteiger partial charge on any atom is 0.311 e. The van der Waals surface area contributed by atoms with Crippen molar-refractivity contribution < 1.29 is 19.4 Å². The van der Waals surface area contributed by atoms with Crippen LogP contribution in [0, 0.1) is 11.8 Å². The largest absolute Gasteiger partial charge is 0.481 e. The summed E-state index contributed by atoms with van der Waals surface area (Å²) in [5, 5.41) is 9.25. The van der Waals surface area contributed by atoms with Gasteiger partial charge < -0.3 is 14.7 Å². The second-order valence-corrected chi connectivity index (χ2v) is 5.86. The van der Waals surface area contributed by atoms with E-state index in [4.69, 9.17) is 4.74 Å². The molecule has 1 N–H and O–H groups in total. The Balaban J connectivity index is 2.06. The molecular formula is C15H25NO4. The number of carbonyl (C=O) groups excluding carboxylic acids is 1. The molecule has 1 saturated heterocycles. The van der Waals surface area contributed by atoms with E-state index in [0.717, 1.165) is 25.7 Å². The van der Waals surface area contributed by atoms with Crippen molar-refractivity contribution in [3.8, 4) is 0 Å². The minimum absolute atomic E-state index is 0.0764. The van der Waals surface area contributed by atoms with Crippen LogP contribution in [-0.4, -0.2) is 47.7 Å². The quantitative estimate of drug-likeness (QED) is 0.800. The number of hydrogen-bond acceptors (Lipinski definition) is 3. The van der Waals surface area contributed by atoms with Gasteiger partial charge in [0.2, 0.25) is 5.91 Å². The molecule has 5 nitrogen and oxygen atoms in total. The van der Waals surface area contributed by atoms with E-state index in [0.29, 0.717) is 13.2 Å². The summed E-state index contributed by atoms with van der Waals surface area (Å²) in [4.78, 5) is 25.7. The molecule has 0 bridgehead atoms. The number of amides is 1. The average Bonchev–Trinajstić information content (AvgIpc) is 2.74. The number of hydrogen-bond donors (Lipinski definition) is 1. The third-order valence-corrected chi connectivity index (χ3v) is 4.60. The molecule has 2 atom stereocenters. The van der Waals surface area contributed by atoms with Crippen LogP contribution in [0.15, 0.2) is 0 Å². The van der Waals surface area contributed by atoms with E-state index in [1.807, 2.05) is 6.92 Å². The van der Waals surface area contributed by atoms with Gasteiger partial charge in [0.05, 0.1) is 19.3 Å². The highest BCUT2D eigenvalue weighted by Gasteiger charge is 2.40. The summed E-state index contributed by atoms with van der Waals surface area (Å²) in [6.45, 7) is 3.05. The minimum Gasteiger partial charge on any atom is -0.481 e. The zero-order valence-electron chi connectivity index (χ0n) is 12.2. The fraction of sp³-hybridized carbons (Fsp3) is 0.867. The molecule has 0 spiro atoms. The fourth-order valence-corrected chi connectivity index (χ4v) is 3.40. The Bertz CT molecular complexity index is 350. The smallest absolute Gasteiger partial charge is 0.311 e. The van der Waals surface area contributed by atoms with E-state index in [1.165, 1.54) is 12.8 Å². The van der Waals surface area contributed by atoms with Gasteiger partial charge in [-0.2, -0.15) is 0 Å².